The van der Waals surface area contributed by atoms with Crippen LogP contribution in [0.1, 0.15) is 19.8 Å². The topological polar surface area (TPSA) is 85.2 Å². The number of nitrogens with two attached hydrogens (primary N) is 2. The number of hydrogen-bond acceptors (Lipinski definition) is 4. The van der Waals surface area contributed by atoms with Crippen molar-refractivity contribution in [1.29, 1.82) is 0 Å². The molecule has 0 aliphatic carbocycles. The Balaban J connectivity index is 3.03. The Kier molecular flexibility index (Phi) is 4.82. The third-order valence-electron chi connectivity index (χ3n) is 2.37. The number of amides is 1. The molecule has 100 valence electrons. The van der Waals surface area contributed by atoms with E-state index in [-0.39, 0.29) is 12.4 Å². The molecule has 0 aliphatic heterocycles. The molecular weight excluding hydrogens is 242 g/mol. The highest BCUT2D eigenvalue weighted by Crippen LogP contribution is 2.20. The second-order valence-electron chi connectivity index (χ2n) is 3.90. The number of nitrogens with zero attached hydrogens (tertiary/aromatic N) is 2. The number of hydrogen-bond donors (Lipinski definition) is 2. The Morgan fingerprint density at radius 2 is 2.11 bits per heavy atom. The smallest absolute Gasteiger partial charge is 0.237 e. The molecule has 0 aliphatic rings. The van der Waals surface area contributed by atoms with E-state index in [4.69, 9.17) is 11.5 Å². The summed E-state index contributed by atoms with van der Waals surface area (Å²) in [7, 11) is 0. The van der Waals surface area contributed by atoms with E-state index in [0.717, 1.165) is 12.8 Å². The molecule has 4 N–H and O–H groups in total. The molecular formula is C11H16F2N4O. The Morgan fingerprint density at radius 3 is 2.67 bits per heavy atom. The van der Waals surface area contributed by atoms with Crippen molar-refractivity contribution in [1.82, 2.24) is 4.98 Å². The zero-order valence-electron chi connectivity index (χ0n) is 10.1. The van der Waals surface area contributed by atoms with Gasteiger partial charge in [0.25, 0.3) is 0 Å². The number of carbonyl (C=O) groups excluding carboxylic acids is 1. The van der Waals surface area contributed by atoms with Crippen LogP contribution in [0.15, 0.2) is 6.07 Å². The Hall–Kier alpha value is -1.92. The number of unbranched alkanes of at least 4 members (excludes halogenated alkanes) is 1. The van der Waals surface area contributed by atoms with E-state index in [0.29, 0.717) is 12.6 Å². The fraction of sp³-hybridized carbons (Fsp3) is 0.455. The van der Waals surface area contributed by atoms with Gasteiger partial charge in [0, 0.05) is 12.6 Å². The number of aromatic nitrogens is 1. The molecule has 7 heteroatoms. The van der Waals surface area contributed by atoms with Gasteiger partial charge in [-0.3, -0.25) is 4.79 Å². The second kappa shape index (κ2) is 6.13. The van der Waals surface area contributed by atoms with Crippen molar-refractivity contribution in [2.45, 2.75) is 19.8 Å². The van der Waals surface area contributed by atoms with Crippen molar-refractivity contribution < 1.29 is 13.6 Å². The van der Waals surface area contributed by atoms with Gasteiger partial charge in [-0.2, -0.15) is 0 Å². The van der Waals surface area contributed by atoms with E-state index in [2.05, 4.69) is 4.98 Å². The molecule has 0 saturated carbocycles. The molecule has 1 aromatic heterocycles. The Morgan fingerprint density at radius 1 is 1.44 bits per heavy atom. The third kappa shape index (κ3) is 3.54. The number of carbonyl (C=O) groups is 1. The lowest BCUT2D eigenvalue weighted by atomic mass is 10.3. The van der Waals surface area contributed by atoms with Gasteiger partial charge >= 0.3 is 0 Å². The van der Waals surface area contributed by atoms with Crippen molar-refractivity contribution >= 4 is 17.5 Å². The van der Waals surface area contributed by atoms with Crippen LogP contribution in [0.25, 0.3) is 0 Å². The first-order valence-electron chi connectivity index (χ1n) is 5.60. The molecule has 0 unspecified atom stereocenters. The summed E-state index contributed by atoms with van der Waals surface area (Å²) in [5, 5.41) is 0. The molecule has 0 aromatic carbocycles. The lowest BCUT2D eigenvalue weighted by Gasteiger charge is -2.22. The van der Waals surface area contributed by atoms with E-state index in [9.17, 15) is 13.6 Å². The number of anilines is 2. The van der Waals surface area contributed by atoms with E-state index in [1.54, 1.807) is 0 Å². The van der Waals surface area contributed by atoms with Gasteiger partial charge in [-0.25, -0.2) is 13.8 Å². The predicted molar refractivity (Wildman–Crippen MR) is 64.9 cm³/mol. The first-order valence-corrected chi connectivity index (χ1v) is 5.60. The van der Waals surface area contributed by atoms with Gasteiger partial charge < -0.3 is 16.4 Å². The van der Waals surface area contributed by atoms with Crippen molar-refractivity contribution in [3.05, 3.63) is 17.7 Å². The van der Waals surface area contributed by atoms with Crippen LogP contribution >= 0.6 is 0 Å². The third-order valence-corrected chi connectivity index (χ3v) is 2.37. The van der Waals surface area contributed by atoms with E-state index >= 15 is 0 Å². The van der Waals surface area contributed by atoms with Crippen LogP contribution < -0.4 is 16.4 Å². The van der Waals surface area contributed by atoms with Crippen molar-refractivity contribution in [2.24, 2.45) is 5.73 Å². The van der Waals surface area contributed by atoms with Crippen molar-refractivity contribution in [3.8, 4) is 0 Å². The molecule has 5 nitrogen and oxygen atoms in total. The SMILES string of the molecule is CCCCN(CC(N)=O)c1nc(N)c(F)cc1F. The minimum atomic E-state index is -0.925. The summed E-state index contributed by atoms with van der Waals surface area (Å²) in [6.45, 7) is 2.16. The molecule has 0 bridgehead atoms. The molecule has 1 rings (SSSR count). The van der Waals surface area contributed by atoms with Crippen LogP contribution in [-0.4, -0.2) is 24.0 Å². The fourth-order valence-electron chi connectivity index (χ4n) is 1.49. The first kappa shape index (κ1) is 14.1. The van der Waals surface area contributed by atoms with Crippen LogP contribution in [0.3, 0.4) is 0 Å². The standard InChI is InChI=1S/C11H16F2N4O/c1-2-3-4-17(6-9(14)18)11-8(13)5-7(12)10(15)16-11/h5H,2-4,6H2,1H3,(H2,14,18)(H2,15,16). The van der Waals surface area contributed by atoms with Crippen LogP contribution in [0.4, 0.5) is 20.4 Å². The van der Waals surface area contributed by atoms with Crippen LogP contribution in [0, 0.1) is 11.6 Å². The van der Waals surface area contributed by atoms with Gasteiger partial charge in [0.15, 0.2) is 23.3 Å². The van der Waals surface area contributed by atoms with Crippen LogP contribution in [0.2, 0.25) is 0 Å². The highest BCUT2D eigenvalue weighted by atomic mass is 19.1. The maximum atomic E-state index is 13.6. The second-order valence-corrected chi connectivity index (χ2v) is 3.90. The molecule has 18 heavy (non-hydrogen) atoms. The van der Waals surface area contributed by atoms with Gasteiger partial charge in [0.05, 0.1) is 6.54 Å². The summed E-state index contributed by atoms with van der Waals surface area (Å²) < 4.78 is 26.6. The van der Waals surface area contributed by atoms with Crippen molar-refractivity contribution in [3.63, 3.8) is 0 Å². The monoisotopic (exact) mass is 258 g/mol. The number of pyridine rings is 1. The lowest BCUT2D eigenvalue weighted by Crippen LogP contribution is -2.35. The van der Waals surface area contributed by atoms with Crippen molar-refractivity contribution in [2.75, 3.05) is 23.7 Å². The summed E-state index contributed by atoms with van der Waals surface area (Å²) in [5.74, 6) is -2.96. The van der Waals surface area contributed by atoms with E-state index in [1.807, 2.05) is 6.92 Å². The van der Waals surface area contributed by atoms with Crippen LogP contribution in [0.5, 0.6) is 0 Å². The average Bonchev–Trinajstić information content (AvgIpc) is 2.29. The molecule has 0 saturated heterocycles. The average molecular weight is 258 g/mol. The van der Waals surface area contributed by atoms with Gasteiger partial charge in [-0.15, -0.1) is 0 Å². The first-order chi connectivity index (χ1) is 8.45. The highest BCUT2D eigenvalue weighted by molar-refractivity contribution is 5.79. The van der Waals surface area contributed by atoms with Gasteiger partial charge in [0.1, 0.15) is 0 Å². The largest absolute Gasteiger partial charge is 0.381 e. The molecule has 1 heterocycles. The number of halogens is 2. The molecule has 0 radical (unpaired) electrons. The van der Waals surface area contributed by atoms with E-state index in [1.165, 1.54) is 4.90 Å². The van der Waals surface area contributed by atoms with Gasteiger partial charge in [-0.1, -0.05) is 13.3 Å². The van der Waals surface area contributed by atoms with E-state index < -0.39 is 23.4 Å². The molecule has 0 atom stereocenters. The zero-order chi connectivity index (χ0) is 13.7. The maximum absolute atomic E-state index is 13.6. The number of primary amides is 1. The summed E-state index contributed by atoms with van der Waals surface area (Å²) in [5.41, 5.74) is 10.4. The molecule has 1 amide bonds. The molecule has 1 aromatic rings. The lowest BCUT2D eigenvalue weighted by molar-refractivity contribution is -0.116. The normalized spacial score (nSPS) is 10.4. The Bertz CT molecular complexity index is 439. The summed E-state index contributed by atoms with van der Waals surface area (Å²) in [4.78, 5) is 15.9. The van der Waals surface area contributed by atoms with Gasteiger partial charge in [-0.05, 0) is 6.42 Å². The summed E-state index contributed by atoms with van der Waals surface area (Å²) in [6.07, 6.45) is 1.58. The maximum Gasteiger partial charge on any atom is 0.237 e. The fourth-order valence-corrected chi connectivity index (χ4v) is 1.49. The zero-order valence-corrected chi connectivity index (χ0v) is 10.1. The minimum Gasteiger partial charge on any atom is -0.381 e. The Labute approximate surface area is 104 Å². The summed E-state index contributed by atoms with van der Waals surface area (Å²) in [6, 6.07) is 0.650. The van der Waals surface area contributed by atoms with Gasteiger partial charge in [0.2, 0.25) is 5.91 Å². The summed E-state index contributed by atoms with van der Waals surface area (Å²) >= 11 is 0. The minimum absolute atomic E-state index is 0.152. The molecule has 0 fully saturated rings. The number of nitrogen functional groups attached to an aromatic ring is 1. The number of rotatable bonds is 6. The van der Waals surface area contributed by atoms with Crippen LogP contribution in [-0.2, 0) is 4.79 Å². The quantitative estimate of drug-likeness (QED) is 0.798. The predicted octanol–water partition coefficient (Wildman–Crippen LogP) is 1.03. The highest BCUT2D eigenvalue weighted by Gasteiger charge is 2.17. The molecule has 0 spiro atoms.